The zero-order valence-corrected chi connectivity index (χ0v) is 7.99. The van der Waals surface area contributed by atoms with Gasteiger partial charge in [0.15, 0.2) is 0 Å². The van der Waals surface area contributed by atoms with Crippen LogP contribution in [0.3, 0.4) is 0 Å². The van der Waals surface area contributed by atoms with E-state index in [1.54, 1.807) is 0 Å². The van der Waals surface area contributed by atoms with Crippen molar-refractivity contribution in [2.75, 3.05) is 14.1 Å². The molecule has 0 aromatic carbocycles. The summed E-state index contributed by atoms with van der Waals surface area (Å²) in [5, 5.41) is 0. The van der Waals surface area contributed by atoms with Crippen LogP contribution in [0.15, 0.2) is 0 Å². The zero-order valence-electron chi connectivity index (χ0n) is 6.99. The minimum atomic E-state index is -4.73. The Kier molecular flexibility index (Phi) is 5.42. The third-order valence-electron chi connectivity index (χ3n) is 0.649. The summed E-state index contributed by atoms with van der Waals surface area (Å²) in [6.45, 7) is 0. The van der Waals surface area contributed by atoms with Crippen molar-refractivity contribution in [1.82, 2.24) is 4.90 Å². The van der Waals surface area contributed by atoms with Gasteiger partial charge in [-0.25, -0.2) is 0 Å². The molecule has 0 saturated carbocycles. The molecule has 0 fully saturated rings. The Morgan fingerprint density at radius 2 is 1.70 bits per heavy atom. The van der Waals surface area contributed by atoms with Gasteiger partial charge in [-0.15, -0.1) is 0 Å². The molecule has 0 radical (unpaired) electrons. The summed E-state index contributed by atoms with van der Waals surface area (Å²) in [6, 6.07) is 0. The molecule has 1 amide bonds. The number of rotatable bonds is 0. The molecule has 56 valence electrons. The van der Waals surface area contributed by atoms with Crippen LogP contribution in [0.4, 0.5) is 13.2 Å². The summed E-state index contributed by atoms with van der Waals surface area (Å²) < 4.78 is 33.9. The molecule has 0 unspecified atom stereocenters. The van der Waals surface area contributed by atoms with Crippen LogP contribution < -0.4 is 29.6 Å². The van der Waals surface area contributed by atoms with Crippen molar-refractivity contribution in [3.05, 3.63) is 0 Å². The molecule has 0 heterocycles. The number of carbonyl (C=O) groups is 1. The Bertz CT molecular complexity index is 127. The summed E-state index contributed by atoms with van der Waals surface area (Å²) in [5.41, 5.74) is 0. The number of carbonyl (C=O) groups excluding carboxylic acids is 1. The van der Waals surface area contributed by atoms with Crippen molar-refractivity contribution in [2.45, 2.75) is 6.18 Å². The van der Waals surface area contributed by atoms with Crippen LogP contribution >= 0.6 is 0 Å². The van der Waals surface area contributed by atoms with Gasteiger partial charge in [-0.3, -0.25) is 4.79 Å². The van der Waals surface area contributed by atoms with E-state index in [2.05, 4.69) is 0 Å². The van der Waals surface area contributed by atoms with Crippen LogP contribution in [0.2, 0.25) is 0 Å². The molecule has 0 N–H and O–H groups in total. The number of hydrogen-bond acceptors (Lipinski definition) is 1. The first-order chi connectivity index (χ1) is 3.85. The van der Waals surface area contributed by atoms with E-state index >= 15 is 0 Å². The van der Waals surface area contributed by atoms with Crippen LogP contribution in [0.5, 0.6) is 0 Å². The average Bonchev–Trinajstić information content (AvgIpc) is 1.62. The second kappa shape index (κ2) is 4.20. The predicted molar refractivity (Wildman–Crippen MR) is 25.9 cm³/mol. The summed E-state index contributed by atoms with van der Waals surface area (Å²) >= 11 is 0. The summed E-state index contributed by atoms with van der Waals surface area (Å²) in [5.74, 6) is -1.83. The van der Waals surface area contributed by atoms with E-state index in [1.807, 2.05) is 0 Å². The van der Waals surface area contributed by atoms with Crippen LogP contribution in [0, 0.1) is 0 Å². The molecule has 0 aliphatic carbocycles. The average molecular weight is 165 g/mol. The van der Waals surface area contributed by atoms with Gasteiger partial charge in [-0.2, -0.15) is 13.2 Å². The van der Waals surface area contributed by atoms with E-state index in [0.29, 0.717) is 4.90 Å². The Labute approximate surface area is 80.2 Å². The topological polar surface area (TPSA) is 20.3 Å². The normalized spacial score (nSPS) is 10.1. The molecule has 0 aliphatic heterocycles. The summed E-state index contributed by atoms with van der Waals surface area (Å²) in [6.07, 6.45) is -4.73. The molecule has 2 nitrogen and oxygen atoms in total. The number of halogens is 3. The summed E-state index contributed by atoms with van der Waals surface area (Å²) in [7, 11) is 2.10. The monoisotopic (exact) mass is 165 g/mol. The first kappa shape index (κ1) is 12.9. The largest absolute Gasteiger partial charge is 1.00 e. The van der Waals surface area contributed by atoms with Gasteiger partial charge < -0.3 is 6.33 Å². The quantitative estimate of drug-likeness (QED) is 0.371. The van der Waals surface area contributed by atoms with Crippen molar-refractivity contribution in [3.8, 4) is 0 Å². The summed E-state index contributed by atoms with van der Waals surface area (Å²) in [4.78, 5) is 10.5. The minimum absolute atomic E-state index is 0. The van der Waals surface area contributed by atoms with E-state index in [-0.39, 0.29) is 31.0 Å². The van der Waals surface area contributed by atoms with Crippen molar-refractivity contribution in [2.24, 2.45) is 0 Å². The van der Waals surface area contributed by atoms with E-state index in [9.17, 15) is 18.0 Å². The van der Waals surface area contributed by atoms with Crippen LogP contribution in [0.1, 0.15) is 1.43 Å². The second-order valence-electron chi connectivity index (χ2n) is 1.70. The maximum atomic E-state index is 11.3. The Morgan fingerprint density at radius 3 is 1.70 bits per heavy atom. The van der Waals surface area contributed by atoms with Crippen molar-refractivity contribution in [3.63, 3.8) is 0 Å². The molecule has 0 rings (SSSR count). The Morgan fingerprint density at radius 1 is 1.40 bits per heavy atom. The maximum Gasteiger partial charge on any atom is 1.00 e. The van der Waals surface area contributed by atoms with E-state index < -0.39 is 12.1 Å². The predicted octanol–water partition coefficient (Wildman–Crippen LogP) is -2.25. The van der Waals surface area contributed by atoms with Crippen molar-refractivity contribution >= 4 is 5.91 Å². The van der Waals surface area contributed by atoms with Gasteiger partial charge in [0.05, 0.1) is 0 Å². The van der Waals surface area contributed by atoms with Crippen LogP contribution in [-0.4, -0.2) is 31.1 Å². The molecule has 0 aromatic rings. The van der Waals surface area contributed by atoms with Crippen molar-refractivity contribution < 1.29 is 48.9 Å². The van der Waals surface area contributed by atoms with Gasteiger partial charge in [-0.1, -0.05) is 0 Å². The van der Waals surface area contributed by atoms with Gasteiger partial charge in [0.1, 0.15) is 0 Å². The van der Waals surface area contributed by atoms with Gasteiger partial charge in [-0.05, 0) is 0 Å². The Balaban J connectivity index is -0.000000320. The number of hydrogen-bond donors (Lipinski definition) is 0. The molecular weight excluding hydrogens is 158 g/mol. The molecule has 0 aromatic heterocycles. The van der Waals surface area contributed by atoms with Crippen LogP contribution in [-0.2, 0) is 4.79 Å². The van der Waals surface area contributed by atoms with E-state index in [4.69, 9.17) is 0 Å². The van der Waals surface area contributed by atoms with E-state index in [0.717, 1.165) is 14.1 Å². The molecule has 0 bridgehead atoms. The molecule has 6 heteroatoms. The maximum absolute atomic E-state index is 11.3. The van der Waals surface area contributed by atoms with Gasteiger partial charge in [0.2, 0.25) is 0 Å². The Hall–Kier alpha value is 0.260. The SMILES string of the molecule is CN(C)C(=O)C(F)(F)F.[H-].[Na+]. The zero-order chi connectivity index (χ0) is 7.65. The number of amides is 1. The van der Waals surface area contributed by atoms with Gasteiger partial charge >= 0.3 is 41.6 Å². The number of nitrogens with zero attached hydrogens (tertiary/aromatic N) is 1. The smallest absolute Gasteiger partial charge is 1.00 e. The van der Waals surface area contributed by atoms with Crippen molar-refractivity contribution in [1.29, 1.82) is 0 Å². The van der Waals surface area contributed by atoms with Crippen LogP contribution in [0.25, 0.3) is 0 Å². The molecule has 0 spiro atoms. The standard InChI is InChI=1S/C4H6F3NO.Na.H/c1-8(2)3(9)4(5,6)7;;/h1-2H3;;/q;+1;-1. The van der Waals surface area contributed by atoms with Gasteiger partial charge in [0.25, 0.3) is 0 Å². The second-order valence-corrected chi connectivity index (χ2v) is 1.70. The molecule has 0 aliphatic rings. The molecular formula is C4H7F3NNaO. The number of alkyl halides is 3. The fourth-order valence-electron chi connectivity index (χ4n) is 0.254. The fraction of sp³-hybridized carbons (Fsp3) is 0.750. The van der Waals surface area contributed by atoms with E-state index in [1.165, 1.54) is 0 Å². The third kappa shape index (κ3) is 4.14. The fourth-order valence-corrected chi connectivity index (χ4v) is 0.254. The third-order valence-corrected chi connectivity index (χ3v) is 0.649. The van der Waals surface area contributed by atoms with Gasteiger partial charge in [0, 0.05) is 14.1 Å². The first-order valence-corrected chi connectivity index (χ1v) is 2.14. The molecule has 0 atom stereocenters. The molecule has 10 heavy (non-hydrogen) atoms. The molecule has 0 saturated heterocycles. The minimum Gasteiger partial charge on any atom is -1.00 e. The first-order valence-electron chi connectivity index (χ1n) is 2.14.